The van der Waals surface area contributed by atoms with Gasteiger partial charge < -0.3 is 20.3 Å². The van der Waals surface area contributed by atoms with Gasteiger partial charge in [-0.15, -0.1) is 0 Å². The maximum absolute atomic E-state index is 11.9. The number of hydrogen-bond donors (Lipinski definition) is 2. The first-order valence-electron chi connectivity index (χ1n) is 8.31. The Kier molecular flexibility index (Phi) is 15.4. The van der Waals surface area contributed by atoms with Crippen molar-refractivity contribution in [2.45, 2.75) is 59.9 Å². The van der Waals surface area contributed by atoms with Crippen LogP contribution in [0.2, 0.25) is 0 Å². The average molecular weight is 331 g/mol. The fourth-order valence-electron chi connectivity index (χ4n) is 1.96. The zero-order valence-corrected chi connectivity index (χ0v) is 15.4. The monoisotopic (exact) mass is 331 g/mol. The molecule has 0 aromatic carbocycles. The Morgan fingerprint density at radius 3 is 2.22 bits per heavy atom. The molecule has 2 N–H and O–H groups in total. The minimum atomic E-state index is -0.624. The molecule has 0 aromatic heterocycles. The minimum absolute atomic E-state index is 0.0147. The van der Waals surface area contributed by atoms with Crippen molar-refractivity contribution < 1.29 is 19.1 Å². The van der Waals surface area contributed by atoms with E-state index in [0.29, 0.717) is 13.1 Å². The van der Waals surface area contributed by atoms with E-state index in [1.165, 1.54) is 20.5 Å². The molecule has 1 fully saturated rings. The van der Waals surface area contributed by atoms with Crippen LogP contribution in [0.5, 0.6) is 0 Å². The lowest BCUT2D eigenvalue weighted by Crippen LogP contribution is -2.46. The van der Waals surface area contributed by atoms with Gasteiger partial charge in [0.2, 0.25) is 11.8 Å². The van der Waals surface area contributed by atoms with Gasteiger partial charge in [-0.1, -0.05) is 34.1 Å². The third-order valence-corrected chi connectivity index (χ3v) is 2.85. The van der Waals surface area contributed by atoms with E-state index in [4.69, 9.17) is 0 Å². The molecule has 7 nitrogen and oxygen atoms in total. The fourth-order valence-corrected chi connectivity index (χ4v) is 1.96. The van der Waals surface area contributed by atoms with Crippen molar-refractivity contribution in [3.8, 4) is 0 Å². The highest BCUT2D eigenvalue weighted by atomic mass is 16.5. The fraction of sp³-hybridized carbons (Fsp3) is 0.812. The minimum Gasteiger partial charge on any atom is -0.453 e. The summed E-state index contributed by atoms with van der Waals surface area (Å²) in [6, 6.07) is 0.0147. The number of likely N-dealkylation sites (tertiary alicyclic amines) is 1. The molecule has 1 saturated heterocycles. The lowest BCUT2D eigenvalue weighted by atomic mass is 10.2. The molecule has 1 atom stereocenters. The molecule has 1 aliphatic heterocycles. The van der Waals surface area contributed by atoms with E-state index in [1.807, 2.05) is 13.8 Å². The van der Waals surface area contributed by atoms with Crippen LogP contribution in [0.1, 0.15) is 53.9 Å². The first kappa shape index (κ1) is 23.5. The molecule has 1 unspecified atom stereocenters. The average Bonchev–Trinajstić information content (AvgIpc) is 3.01. The van der Waals surface area contributed by atoms with Crippen LogP contribution < -0.4 is 10.6 Å². The zero-order chi connectivity index (χ0) is 18.3. The number of amides is 3. The van der Waals surface area contributed by atoms with Crippen LogP contribution in [-0.4, -0.2) is 55.6 Å². The Hall–Kier alpha value is -1.79. The lowest BCUT2D eigenvalue weighted by molar-refractivity contribution is -0.131. The maximum atomic E-state index is 11.9. The van der Waals surface area contributed by atoms with Gasteiger partial charge in [0.15, 0.2) is 0 Å². The molecule has 1 rings (SSSR count). The van der Waals surface area contributed by atoms with Gasteiger partial charge in [-0.2, -0.15) is 0 Å². The number of nitrogens with zero attached hydrogens (tertiary/aromatic N) is 1. The van der Waals surface area contributed by atoms with Gasteiger partial charge >= 0.3 is 6.09 Å². The molecule has 3 amide bonds. The van der Waals surface area contributed by atoms with E-state index in [-0.39, 0.29) is 24.4 Å². The van der Waals surface area contributed by atoms with Crippen LogP contribution in [0, 0.1) is 0 Å². The summed E-state index contributed by atoms with van der Waals surface area (Å²) in [5, 5.41) is 5.06. The summed E-state index contributed by atoms with van der Waals surface area (Å²) < 4.78 is 4.39. The highest BCUT2D eigenvalue weighted by molar-refractivity contribution is 5.82. The second kappa shape index (κ2) is 15.1. The maximum Gasteiger partial charge on any atom is 0.407 e. The van der Waals surface area contributed by atoms with Crippen molar-refractivity contribution in [2.24, 2.45) is 0 Å². The Morgan fingerprint density at radius 2 is 1.74 bits per heavy atom. The predicted octanol–water partition coefficient (Wildman–Crippen LogP) is 1.91. The SMILES string of the molecule is CC.CCC.COC(=O)NCC(=O)N1CCCC1CNC(C)=O. The quantitative estimate of drug-likeness (QED) is 0.824. The number of ether oxygens (including phenoxy) is 1. The number of carbonyl (C=O) groups is 3. The lowest BCUT2D eigenvalue weighted by Gasteiger charge is -2.24. The number of methoxy groups -OCH3 is 1. The number of nitrogens with one attached hydrogen (secondary N) is 2. The summed E-state index contributed by atoms with van der Waals surface area (Å²) in [4.78, 5) is 35.3. The largest absolute Gasteiger partial charge is 0.453 e. The molecule has 136 valence electrons. The van der Waals surface area contributed by atoms with E-state index in [2.05, 4.69) is 29.2 Å². The summed E-state index contributed by atoms with van der Waals surface area (Å²) in [6.07, 6.45) is 2.40. The van der Waals surface area contributed by atoms with Gasteiger partial charge in [0.05, 0.1) is 7.11 Å². The normalized spacial score (nSPS) is 15.4. The van der Waals surface area contributed by atoms with Crippen LogP contribution in [-0.2, 0) is 14.3 Å². The Labute approximate surface area is 140 Å². The van der Waals surface area contributed by atoms with Crippen molar-refractivity contribution in [3.63, 3.8) is 0 Å². The molecule has 0 saturated carbocycles. The highest BCUT2D eigenvalue weighted by Gasteiger charge is 2.28. The van der Waals surface area contributed by atoms with E-state index in [9.17, 15) is 14.4 Å². The molecular weight excluding hydrogens is 298 g/mol. The van der Waals surface area contributed by atoms with Gasteiger partial charge in [-0.25, -0.2) is 4.79 Å². The van der Waals surface area contributed by atoms with Crippen molar-refractivity contribution in [1.82, 2.24) is 15.5 Å². The molecular formula is C16H33N3O4. The summed E-state index contributed by atoms with van der Waals surface area (Å²) in [6.45, 7) is 10.7. The van der Waals surface area contributed by atoms with E-state index in [0.717, 1.165) is 12.8 Å². The number of alkyl carbamates (subject to hydrolysis) is 1. The summed E-state index contributed by atoms with van der Waals surface area (Å²) in [5.74, 6) is -0.268. The smallest absolute Gasteiger partial charge is 0.407 e. The topological polar surface area (TPSA) is 87.7 Å². The molecule has 7 heteroatoms. The third-order valence-electron chi connectivity index (χ3n) is 2.85. The van der Waals surface area contributed by atoms with Crippen LogP contribution in [0.15, 0.2) is 0 Å². The number of rotatable bonds is 4. The standard InChI is InChI=1S/C11H19N3O4.C3H8.C2H6/c1-8(15)12-6-9-4-3-5-14(9)10(16)7-13-11(17)18-2;1-3-2;1-2/h9H,3-7H2,1-2H3,(H,12,15)(H,13,17);3H2,1-2H3;1-2H3. The van der Waals surface area contributed by atoms with Crippen LogP contribution >= 0.6 is 0 Å². The molecule has 0 aliphatic carbocycles. The van der Waals surface area contributed by atoms with Crippen molar-refractivity contribution in [2.75, 3.05) is 26.7 Å². The van der Waals surface area contributed by atoms with Crippen molar-refractivity contribution in [3.05, 3.63) is 0 Å². The zero-order valence-electron chi connectivity index (χ0n) is 15.4. The molecule has 1 aliphatic rings. The van der Waals surface area contributed by atoms with Gasteiger partial charge in [0, 0.05) is 26.1 Å². The molecule has 0 bridgehead atoms. The summed E-state index contributed by atoms with van der Waals surface area (Å²) >= 11 is 0. The van der Waals surface area contributed by atoms with E-state index in [1.54, 1.807) is 4.90 Å². The Bertz CT molecular complexity index is 348. The molecule has 23 heavy (non-hydrogen) atoms. The number of hydrogen-bond acceptors (Lipinski definition) is 4. The van der Waals surface area contributed by atoms with E-state index < -0.39 is 6.09 Å². The van der Waals surface area contributed by atoms with Crippen molar-refractivity contribution in [1.29, 1.82) is 0 Å². The summed E-state index contributed by atoms with van der Waals surface area (Å²) in [5.41, 5.74) is 0. The second-order valence-electron chi connectivity index (χ2n) is 4.87. The van der Waals surface area contributed by atoms with Crippen LogP contribution in [0.3, 0.4) is 0 Å². The molecule has 1 heterocycles. The van der Waals surface area contributed by atoms with Gasteiger partial charge in [-0.3, -0.25) is 9.59 Å². The van der Waals surface area contributed by atoms with Gasteiger partial charge in [0.1, 0.15) is 6.54 Å². The van der Waals surface area contributed by atoms with Crippen LogP contribution in [0.25, 0.3) is 0 Å². The Balaban J connectivity index is 0. The van der Waals surface area contributed by atoms with Crippen LogP contribution in [0.4, 0.5) is 4.79 Å². The number of carbonyl (C=O) groups excluding carboxylic acids is 3. The Morgan fingerprint density at radius 1 is 1.17 bits per heavy atom. The van der Waals surface area contributed by atoms with Crippen molar-refractivity contribution >= 4 is 17.9 Å². The first-order chi connectivity index (χ1) is 11.0. The molecule has 0 aromatic rings. The van der Waals surface area contributed by atoms with Gasteiger partial charge in [0.25, 0.3) is 0 Å². The molecule has 0 spiro atoms. The van der Waals surface area contributed by atoms with Gasteiger partial charge in [-0.05, 0) is 12.8 Å². The second-order valence-corrected chi connectivity index (χ2v) is 4.87. The predicted molar refractivity (Wildman–Crippen MR) is 91.1 cm³/mol. The summed E-state index contributed by atoms with van der Waals surface area (Å²) in [7, 11) is 1.25. The molecule has 0 radical (unpaired) electrons. The highest BCUT2D eigenvalue weighted by Crippen LogP contribution is 2.16. The first-order valence-corrected chi connectivity index (χ1v) is 8.31. The third kappa shape index (κ3) is 11.4. The van der Waals surface area contributed by atoms with E-state index >= 15 is 0 Å².